The van der Waals surface area contributed by atoms with E-state index in [9.17, 15) is 0 Å². The van der Waals surface area contributed by atoms with E-state index in [4.69, 9.17) is 0 Å². The molecular formula is C10H20N2. The topological polar surface area (TPSA) is 24.1 Å². The SMILES string of the molecule is CC(C)C1=C(C(C)C)NCNC1. The molecule has 2 heteroatoms. The second kappa shape index (κ2) is 3.94. The van der Waals surface area contributed by atoms with Crippen LogP contribution in [-0.4, -0.2) is 13.2 Å². The highest BCUT2D eigenvalue weighted by Crippen LogP contribution is 2.19. The molecule has 0 aromatic heterocycles. The van der Waals surface area contributed by atoms with Crippen LogP contribution in [0.2, 0.25) is 0 Å². The Morgan fingerprint density at radius 3 is 2.17 bits per heavy atom. The smallest absolute Gasteiger partial charge is 0.0652 e. The third-order valence-electron chi connectivity index (χ3n) is 2.34. The minimum absolute atomic E-state index is 0.629. The highest BCUT2D eigenvalue weighted by Gasteiger charge is 2.16. The van der Waals surface area contributed by atoms with Gasteiger partial charge in [0.15, 0.2) is 0 Å². The Balaban J connectivity index is 2.83. The molecule has 0 aromatic rings. The first-order valence-corrected chi connectivity index (χ1v) is 4.80. The fourth-order valence-corrected chi connectivity index (χ4v) is 1.65. The maximum absolute atomic E-state index is 3.42. The molecule has 0 saturated heterocycles. The zero-order valence-electron chi connectivity index (χ0n) is 8.57. The minimum Gasteiger partial charge on any atom is -0.376 e. The van der Waals surface area contributed by atoms with Crippen LogP contribution in [0.3, 0.4) is 0 Å². The standard InChI is InChI=1S/C10H20N2/c1-7(2)9-5-11-6-12-10(9)8(3)4/h7-8,11-12H,5-6H2,1-4H3. The van der Waals surface area contributed by atoms with Crippen molar-refractivity contribution in [3.05, 3.63) is 11.3 Å². The van der Waals surface area contributed by atoms with Crippen molar-refractivity contribution in [2.45, 2.75) is 27.7 Å². The third-order valence-corrected chi connectivity index (χ3v) is 2.34. The molecule has 0 fully saturated rings. The maximum atomic E-state index is 3.42. The summed E-state index contributed by atoms with van der Waals surface area (Å²) in [6.07, 6.45) is 0. The molecule has 70 valence electrons. The summed E-state index contributed by atoms with van der Waals surface area (Å²) in [5.41, 5.74) is 2.99. The van der Waals surface area contributed by atoms with Crippen molar-refractivity contribution in [1.29, 1.82) is 0 Å². The van der Waals surface area contributed by atoms with Crippen molar-refractivity contribution in [1.82, 2.24) is 10.6 Å². The second-order valence-corrected chi connectivity index (χ2v) is 4.03. The van der Waals surface area contributed by atoms with E-state index in [0.29, 0.717) is 11.8 Å². The predicted molar refractivity (Wildman–Crippen MR) is 52.7 cm³/mol. The molecule has 0 amide bonds. The minimum atomic E-state index is 0.629. The Bertz CT molecular complexity index is 160. The summed E-state index contributed by atoms with van der Waals surface area (Å²) in [6, 6.07) is 0. The van der Waals surface area contributed by atoms with Crippen molar-refractivity contribution in [3.63, 3.8) is 0 Å². The average Bonchev–Trinajstić information content (AvgIpc) is 2.04. The summed E-state index contributed by atoms with van der Waals surface area (Å²) < 4.78 is 0. The van der Waals surface area contributed by atoms with Crippen molar-refractivity contribution in [2.75, 3.05) is 13.2 Å². The zero-order valence-corrected chi connectivity index (χ0v) is 8.57. The first-order chi connectivity index (χ1) is 5.63. The molecule has 0 radical (unpaired) electrons. The molecule has 0 atom stereocenters. The largest absolute Gasteiger partial charge is 0.376 e. The van der Waals surface area contributed by atoms with Gasteiger partial charge in [-0.1, -0.05) is 27.7 Å². The molecule has 0 unspecified atom stereocenters. The molecule has 1 heterocycles. The molecule has 12 heavy (non-hydrogen) atoms. The molecule has 2 N–H and O–H groups in total. The van der Waals surface area contributed by atoms with Gasteiger partial charge in [0.25, 0.3) is 0 Å². The van der Waals surface area contributed by atoms with E-state index in [2.05, 4.69) is 38.3 Å². The van der Waals surface area contributed by atoms with Gasteiger partial charge in [-0.05, 0) is 17.4 Å². The molecule has 1 rings (SSSR count). The van der Waals surface area contributed by atoms with Gasteiger partial charge in [-0.15, -0.1) is 0 Å². The van der Waals surface area contributed by atoms with E-state index < -0.39 is 0 Å². The Kier molecular flexibility index (Phi) is 3.15. The highest BCUT2D eigenvalue weighted by molar-refractivity contribution is 5.20. The predicted octanol–water partition coefficient (Wildman–Crippen LogP) is 1.70. The summed E-state index contributed by atoms with van der Waals surface area (Å²) in [7, 11) is 0. The van der Waals surface area contributed by atoms with Crippen molar-refractivity contribution >= 4 is 0 Å². The van der Waals surface area contributed by atoms with Crippen LogP contribution in [0.4, 0.5) is 0 Å². The van der Waals surface area contributed by atoms with Crippen LogP contribution in [0.15, 0.2) is 11.3 Å². The number of nitrogens with one attached hydrogen (secondary N) is 2. The molecule has 0 spiro atoms. The van der Waals surface area contributed by atoms with Crippen LogP contribution < -0.4 is 10.6 Å². The van der Waals surface area contributed by atoms with E-state index in [0.717, 1.165) is 13.2 Å². The van der Waals surface area contributed by atoms with E-state index in [1.165, 1.54) is 11.3 Å². The van der Waals surface area contributed by atoms with Crippen molar-refractivity contribution in [2.24, 2.45) is 11.8 Å². The second-order valence-electron chi connectivity index (χ2n) is 4.03. The Hall–Kier alpha value is -0.500. The van der Waals surface area contributed by atoms with E-state index in [-0.39, 0.29) is 0 Å². The summed E-state index contributed by atoms with van der Waals surface area (Å²) in [4.78, 5) is 0. The van der Waals surface area contributed by atoms with E-state index >= 15 is 0 Å². The monoisotopic (exact) mass is 168 g/mol. The van der Waals surface area contributed by atoms with Crippen LogP contribution in [-0.2, 0) is 0 Å². The van der Waals surface area contributed by atoms with Crippen LogP contribution >= 0.6 is 0 Å². The fraction of sp³-hybridized carbons (Fsp3) is 0.800. The van der Waals surface area contributed by atoms with Gasteiger partial charge in [-0.3, -0.25) is 5.32 Å². The molecule has 0 aromatic carbocycles. The quantitative estimate of drug-likeness (QED) is 0.656. The molecule has 1 aliphatic heterocycles. The van der Waals surface area contributed by atoms with Gasteiger partial charge in [0, 0.05) is 12.2 Å². The van der Waals surface area contributed by atoms with Gasteiger partial charge < -0.3 is 5.32 Å². The van der Waals surface area contributed by atoms with Crippen molar-refractivity contribution < 1.29 is 0 Å². The molecule has 0 saturated carbocycles. The van der Waals surface area contributed by atoms with Gasteiger partial charge >= 0.3 is 0 Å². The zero-order chi connectivity index (χ0) is 9.14. The number of hydrogen-bond acceptors (Lipinski definition) is 2. The number of hydrogen-bond donors (Lipinski definition) is 2. The molecule has 1 aliphatic rings. The van der Waals surface area contributed by atoms with Gasteiger partial charge in [0.1, 0.15) is 0 Å². The lowest BCUT2D eigenvalue weighted by atomic mass is 9.94. The molecule has 0 bridgehead atoms. The van der Waals surface area contributed by atoms with E-state index in [1.807, 2.05) is 0 Å². The van der Waals surface area contributed by atoms with Gasteiger partial charge in [0.05, 0.1) is 6.67 Å². The van der Waals surface area contributed by atoms with E-state index in [1.54, 1.807) is 0 Å². The summed E-state index contributed by atoms with van der Waals surface area (Å²) in [6.45, 7) is 11.0. The van der Waals surface area contributed by atoms with Crippen LogP contribution in [0.25, 0.3) is 0 Å². The van der Waals surface area contributed by atoms with Crippen LogP contribution in [0, 0.1) is 11.8 Å². The Labute approximate surface area is 75.4 Å². The molecule has 2 nitrogen and oxygen atoms in total. The summed E-state index contributed by atoms with van der Waals surface area (Å²) in [5.74, 6) is 1.28. The lowest BCUT2D eigenvalue weighted by Gasteiger charge is -2.27. The third kappa shape index (κ3) is 2.01. The summed E-state index contributed by atoms with van der Waals surface area (Å²) >= 11 is 0. The molecular weight excluding hydrogens is 148 g/mol. The Morgan fingerprint density at radius 1 is 1.08 bits per heavy atom. The highest BCUT2D eigenvalue weighted by atomic mass is 15.1. The normalized spacial score (nSPS) is 18.8. The van der Waals surface area contributed by atoms with Gasteiger partial charge in [-0.2, -0.15) is 0 Å². The molecule has 0 aliphatic carbocycles. The van der Waals surface area contributed by atoms with Gasteiger partial charge in [-0.25, -0.2) is 0 Å². The lowest BCUT2D eigenvalue weighted by Crippen LogP contribution is -2.39. The maximum Gasteiger partial charge on any atom is 0.0652 e. The van der Waals surface area contributed by atoms with Crippen molar-refractivity contribution in [3.8, 4) is 0 Å². The van der Waals surface area contributed by atoms with Crippen LogP contribution in [0.5, 0.6) is 0 Å². The lowest BCUT2D eigenvalue weighted by molar-refractivity contribution is 0.515. The fourth-order valence-electron chi connectivity index (χ4n) is 1.65. The van der Waals surface area contributed by atoms with Crippen LogP contribution in [0.1, 0.15) is 27.7 Å². The number of allylic oxidation sites excluding steroid dienone is 1. The number of rotatable bonds is 2. The average molecular weight is 168 g/mol. The summed E-state index contributed by atoms with van der Waals surface area (Å²) in [5, 5.41) is 6.75. The van der Waals surface area contributed by atoms with Gasteiger partial charge in [0.2, 0.25) is 0 Å². The first-order valence-electron chi connectivity index (χ1n) is 4.80. The first kappa shape index (κ1) is 9.59. The Morgan fingerprint density at radius 2 is 1.75 bits per heavy atom.